The fourth-order valence-corrected chi connectivity index (χ4v) is 1.81. The summed E-state index contributed by atoms with van der Waals surface area (Å²) in [6.07, 6.45) is 1.97. The highest BCUT2D eigenvalue weighted by Crippen LogP contribution is 2.25. The number of benzene rings is 1. The van der Waals surface area contributed by atoms with Crippen LogP contribution in [0.15, 0.2) is 12.1 Å². The van der Waals surface area contributed by atoms with Crippen LogP contribution in [0.1, 0.15) is 37.0 Å². The monoisotopic (exact) mass is 221 g/mol. The molecule has 1 aromatic carbocycles. The minimum absolute atomic E-state index is 0.260. The Bertz CT molecular complexity index is 347. The van der Waals surface area contributed by atoms with Crippen molar-refractivity contribution in [3.05, 3.63) is 28.8 Å². The van der Waals surface area contributed by atoms with Crippen molar-refractivity contribution in [3.63, 3.8) is 0 Å². The zero-order valence-electron chi connectivity index (χ0n) is 10.8. The molecule has 0 amide bonds. The average molecular weight is 221 g/mol. The Kier molecular flexibility index (Phi) is 4.81. The number of nitrogens with two attached hydrogens (primary N) is 1. The highest BCUT2D eigenvalue weighted by Gasteiger charge is 2.09. The van der Waals surface area contributed by atoms with Gasteiger partial charge in [-0.25, -0.2) is 0 Å². The lowest BCUT2D eigenvalue weighted by atomic mass is 9.96. The van der Waals surface area contributed by atoms with E-state index >= 15 is 0 Å². The van der Waals surface area contributed by atoms with E-state index in [1.54, 1.807) is 0 Å². The second kappa shape index (κ2) is 5.90. The van der Waals surface area contributed by atoms with Gasteiger partial charge < -0.3 is 10.5 Å². The van der Waals surface area contributed by atoms with Crippen LogP contribution in [0.4, 0.5) is 0 Å². The fourth-order valence-electron chi connectivity index (χ4n) is 1.81. The van der Waals surface area contributed by atoms with Crippen molar-refractivity contribution in [2.75, 3.05) is 6.61 Å². The summed E-state index contributed by atoms with van der Waals surface area (Å²) in [6, 6.07) is 4.46. The number of ether oxygens (including phenoxy) is 1. The van der Waals surface area contributed by atoms with Gasteiger partial charge in [-0.05, 0) is 56.4 Å². The summed E-state index contributed by atoms with van der Waals surface area (Å²) in [4.78, 5) is 0. The molecule has 16 heavy (non-hydrogen) atoms. The fraction of sp³-hybridized carbons (Fsp3) is 0.571. The largest absolute Gasteiger partial charge is 0.494 e. The first-order valence-electron chi connectivity index (χ1n) is 6.07. The summed E-state index contributed by atoms with van der Waals surface area (Å²) >= 11 is 0. The molecule has 0 aliphatic heterocycles. The van der Waals surface area contributed by atoms with Gasteiger partial charge in [0.05, 0.1) is 6.61 Å². The molecule has 0 aromatic heterocycles. The second-order valence-electron chi connectivity index (χ2n) is 4.28. The van der Waals surface area contributed by atoms with Crippen LogP contribution in [0.3, 0.4) is 0 Å². The van der Waals surface area contributed by atoms with Gasteiger partial charge in [0.1, 0.15) is 5.75 Å². The lowest BCUT2D eigenvalue weighted by Gasteiger charge is -2.16. The Morgan fingerprint density at radius 2 is 1.88 bits per heavy atom. The Hall–Kier alpha value is -1.02. The van der Waals surface area contributed by atoms with Gasteiger partial charge in [0.2, 0.25) is 0 Å². The van der Waals surface area contributed by atoms with E-state index in [1.807, 2.05) is 6.92 Å². The van der Waals surface area contributed by atoms with Crippen LogP contribution in [-0.2, 0) is 6.42 Å². The summed E-state index contributed by atoms with van der Waals surface area (Å²) in [5.74, 6) is 0.994. The molecule has 0 spiro atoms. The standard InChI is InChI=1S/C14H23NO/c1-5-13(15)9-12-7-8-14(16-6-2)11(4)10(12)3/h7-8,13H,5-6,9,15H2,1-4H3. The van der Waals surface area contributed by atoms with E-state index in [0.29, 0.717) is 6.61 Å². The molecule has 0 fully saturated rings. The third-order valence-corrected chi connectivity index (χ3v) is 3.16. The molecular weight excluding hydrogens is 198 g/mol. The maximum absolute atomic E-state index is 5.99. The topological polar surface area (TPSA) is 35.2 Å². The molecule has 0 heterocycles. The summed E-state index contributed by atoms with van der Waals surface area (Å²) in [7, 11) is 0. The second-order valence-corrected chi connectivity index (χ2v) is 4.28. The molecule has 90 valence electrons. The molecule has 0 bridgehead atoms. The quantitative estimate of drug-likeness (QED) is 0.829. The predicted molar refractivity (Wildman–Crippen MR) is 69.1 cm³/mol. The van der Waals surface area contributed by atoms with E-state index in [2.05, 4.69) is 32.9 Å². The third kappa shape index (κ3) is 2.99. The van der Waals surface area contributed by atoms with Crippen LogP contribution >= 0.6 is 0 Å². The van der Waals surface area contributed by atoms with Crippen LogP contribution in [0.2, 0.25) is 0 Å². The van der Waals surface area contributed by atoms with E-state index in [9.17, 15) is 0 Å². The molecule has 1 atom stereocenters. The Labute approximate surface area is 98.8 Å². The molecule has 1 unspecified atom stereocenters. The zero-order chi connectivity index (χ0) is 12.1. The SMILES string of the molecule is CCOc1ccc(CC(N)CC)c(C)c1C. The Balaban J connectivity index is 2.93. The molecule has 0 saturated heterocycles. The predicted octanol–water partition coefficient (Wildman–Crippen LogP) is 2.98. The van der Waals surface area contributed by atoms with Crippen LogP contribution in [-0.4, -0.2) is 12.6 Å². The first-order chi connectivity index (χ1) is 7.60. The van der Waals surface area contributed by atoms with Crippen molar-refractivity contribution in [3.8, 4) is 5.75 Å². The van der Waals surface area contributed by atoms with Crippen LogP contribution < -0.4 is 10.5 Å². The first kappa shape index (κ1) is 13.0. The highest BCUT2D eigenvalue weighted by molar-refractivity contribution is 5.43. The van der Waals surface area contributed by atoms with E-state index in [4.69, 9.17) is 10.5 Å². The summed E-state index contributed by atoms with van der Waals surface area (Å²) < 4.78 is 5.57. The first-order valence-corrected chi connectivity index (χ1v) is 6.07. The third-order valence-electron chi connectivity index (χ3n) is 3.16. The number of rotatable bonds is 5. The van der Waals surface area contributed by atoms with E-state index in [1.165, 1.54) is 16.7 Å². The van der Waals surface area contributed by atoms with Gasteiger partial charge in [0.25, 0.3) is 0 Å². The van der Waals surface area contributed by atoms with Gasteiger partial charge in [-0.1, -0.05) is 13.0 Å². The summed E-state index contributed by atoms with van der Waals surface area (Å²) in [5, 5.41) is 0. The normalized spacial score (nSPS) is 12.6. The smallest absolute Gasteiger partial charge is 0.122 e. The van der Waals surface area contributed by atoms with Gasteiger partial charge in [-0.3, -0.25) is 0 Å². The zero-order valence-corrected chi connectivity index (χ0v) is 10.8. The van der Waals surface area contributed by atoms with Crippen LogP contribution in [0.25, 0.3) is 0 Å². The molecule has 0 radical (unpaired) electrons. The molecule has 2 nitrogen and oxygen atoms in total. The van der Waals surface area contributed by atoms with Gasteiger partial charge in [0, 0.05) is 6.04 Å². The molecule has 0 aliphatic carbocycles. The van der Waals surface area contributed by atoms with E-state index in [0.717, 1.165) is 18.6 Å². The molecule has 0 aliphatic rings. The molecule has 2 heteroatoms. The highest BCUT2D eigenvalue weighted by atomic mass is 16.5. The Morgan fingerprint density at radius 1 is 1.19 bits per heavy atom. The average Bonchev–Trinajstić information content (AvgIpc) is 2.28. The van der Waals surface area contributed by atoms with Crippen molar-refractivity contribution in [2.24, 2.45) is 5.73 Å². The van der Waals surface area contributed by atoms with Gasteiger partial charge in [0.15, 0.2) is 0 Å². The van der Waals surface area contributed by atoms with Gasteiger partial charge in [-0.15, -0.1) is 0 Å². The van der Waals surface area contributed by atoms with Gasteiger partial charge >= 0.3 is 0 Å². The van der Waals surface area contributed by atoms with Crippen molar-refractivity contribution in [1.29, 1.82) is 0 Å². The molecule has 1 rings (SSSR count). The lowest BCUT2D eigenvalue weighted by Crippen LogP contribution is -2.22. The van der Waals surface area contributed by atoms with Crippen molar-refractivity contribution in [1.82, 2.24) is 0 Å². The van der Waals surface area contributed by atoms with Gasteiger partial charge in [-0.2, -0.15) is 0 Å². The molecule has 0 saturated carbocycles. The summed E-state index contributed by atoms with van der Waals surface area (Å²) in [6.45, 7) is 9.11. The van der Waals surface area contributed by atoms with Crippen molar-refractivity contribution >= 4 is 0 Å². The Morgan fingerprint density at radius 3 is 2.44 bits per heavy atom. The van der Waals surface area contributed by atoms with Crippen LogP contribution in [0.5, 0.6) is 5.75 Å². The molecule has 2 N–H and O–H groups in total. The van der Waals surface area contributed by atoms with Crippen molar-refractivity contribution < 1.29 is 4.74 Å². The maximum Gasteiger partial charge on any atom is 0.122 e. The van der Waals surface area contributed by atoms with Crippen LogP contribution in [0, 0.1) is 13.8 Å². The number of hydrogen-bond acceptors (Lipinski definition) is 2. The molecular formula is C14H23NO. The maximum atomic E-state index is 5.99. The summed E-state index contributed by atoms with van der Waals surface area (Å²) in [5.41, 5.74) is 9.89. The molecule has 1 aromatic rings. The lowest BCUT2D eigenvalue weighted by molar-refractivity contribution is 0.337. The minimum Gasteiger partial charge on any atom is -0.494 e. The van der Waals surface area contributed by atoms with Crippen molar-refractivity contribution in [2.45, 2.75) is 46.6 Å². The van der Waals surface area contributed by atoms with E-state index < -0.39 is 0 Å². The minimum atomic E-state index is 0.260. The number of hydrogen-bond donors (Lipinski definition) is 1. The van der Waals surface area contributed by atoms with E-state index in [-0.39, 0.29) is 6.04 Å².